The van der Waals surface area contributed by atoms with Crippen molar-refractivity contribution in [3.05, 3.63) is 0 Å². The molecule has 4 nitrogen and oxygen atoms in total. The third-order valence-electron chi connectivity index (χ3n) is 0.287. The second kappa shape index (κ2) is 4.70. The average molecular weight is 232 g/mol. The summed E-state index contributed by atoms with van der Waals surface area (Å²) in [6.07, 6.45) is 0. The van der Waals surface area contributed by atoms with Crippen molar-refractivity contribution >= 4 is 7.82 Å². The van der Waals surface area contributed by atoms with Crippen LogP contribution >= 0.6 is 7.82 Å². The van der Waals surface area contributed by atoms with Gasteiger partial charge in [-0.15, -0.1) is 0 Å². The molecule has 55 valence electrons. The van der Waals surface area contributed by atoms with Crippen molar-refractivity contribution in [3.8, 4) is 0 Å². The van der Waals surface area contributed by atoms with E-state index in [4.69, 9.17) is 0 Å². The maximum atomic E-state index is 9.48. The number of phosphoric acid groups is 1. The van der Waals surface area contributed by atoms with E-state index in [0.29, 0.717) is 0 Å². The van der Waals surface area contributed by atoms with Gasteiger partial charge in [0.2, 0.25) is 0 Å². The minimum absolute atomic E-state index is 0. The van der Waals surface area contributed by atoms with Gasteiger partial charge in [0.15, 0.2) is 0 Å². The van der Waals surface area contributed by atoms with Crippen LogP contribution in [-0.4, -0.2) is 6.61 Å². The van der Waals surface area contributed by atoms with E-state index in [1.165, 1.54) is 6.92 Å². The minimum Gasteiger partial charge on any atom is -0.790 e. The van der Waals surface area contributed by atoms with E-state index in [0.717, 1.165) is 0 Å². The molecule has 0 rings (SSSR count). The molecule has 0 unspecified atom stereocenters. The molecule has 0 heterocycles. The number of hydrogen-bond acceptors (Lipinski definition) is 4. The molecule has 0 spiro atoms. The molecule has 0 fully saturated rings. The van der Waals surface area contributed by atoms with Gasteiger partial charge < -0.3 is 18.9 Å². The summed E-state index contributed by atoms with van der Waals surface area (Å²) < 4.78 is 13.2. The van der Waals surface area contributed by atoms with Crippen LogP contribution in [0.15, 0.2) is 0 Å². The Hall–Kier alpha value is 0.850. The molecule has 0 aromatic heterocycles. The van der Waals surface area contributed by atoms with Gasteiger partial charge in [-0.05, 0) is 6.92 Å². The summed E-state index contributed by atoms with van der Waals surface area (Å²) >= 11 is 0. The summed E-state index contributed by atoms with van der Waals surface area (Å²) in [6.45, 7) is 1.35. The summed E-state index contributed by atoms with van der Waals surface area (Å²) in [5.74, 6) is 0. The van der Waals surface area contributed by atoms with Gasteiger partial charge in [0.25, 0.3) is 0 Å². The number of phosphoric ester groups is 1. The molecular weight excluding hydrogens is 227 g/mol. The molecule has 0 amide bonds. The first-order valence-corrected chi connectivity index (χ1v) is 3.19. The van der Waals surface area contributed by atoms with Crippen LogP contribution in [0.25, 0.3) is 0 Å². The fourth-order valence-corrected chi connectivity index (χ4v) is 0.474. The molecule has 0 saturated heterocycles. The van der Waals surface area contributed by atoms with Gasteiger partial charge in [-0.3, -0.25) is 0 Å². The van der Waals surface area contributed by atoms with E-state index in [9.17, 15) is 14.4 Å². The maximum absolute atomic E-state index is 9.48. The largest absolute Gasteiger partial charge is 0.790 e. The van der Waals surface area contributed by atoms with Gasteiger partial charge >= 0.3 is 0 Å². The van der Waals surface area contributed by atoms with Gasteiger partial charge in [-0.25, -0.2) is 0 Å². The molecule has 0 atom stereocenters. The Morgan fingerprint density at radius 1 is 1.62 bits per heavy atom. The van der Waals surface area contributed by atoms with Crippen LogP contribution in [0, 0.1) is 0 Å². The van der Waals surface area contributed by atoms with Crippen LogP contribution in [0.2, 0.25) is 0 Å². The monoisotopic (exact) mass is 231 g/mol. The second-order valence-corrected chi connectivity index (χ2v) is 2.02. The topological polar surface area (TPSA) is 72.4 Å². The zero-order valence-corrected chi connectivity index (χ0v) is 6.47. The molecule has 6 heteroatoms. The Morgan fingerprint density at radius 3 is 2.00 bits per heavy atom. The smallest absolute Gasteiger partial charge is 0.0596 e. The molecule has 8 heavy (non-hydrogen) atoms. The van der Waals surface area contributed by atoms with Crippen LogP contribution in [0.1, 0.15) is 6.92 Å². The van der Waals surface area contributed by atoms with Crippen molar-refractivity contribution in [1.29, 1.82) is 0 Å². The Labute approximate surface area is 63.0 Å². The van der Waals surface area contributed by atoms with Crippen molar-refractivity contribution in [1.82, 2.24) is 0 Å². The number of hydrogen-bond donors (Lipinski definition) is 0. The summed E-state index contributed by atoms with van der Waals surface area (Å²) in [6, 6.07) is 0. The Morgan fingerprint density at radius 2 is 2.00 bits per heavy atom. The van der Waals surface area contributed by atoms with Crippen molar-refractivity contribution in [3.63, 3.8) is 0 Å². The normalized spacial score (nSPS) is 10.4. The molecule has 0 N–H and O–H groups in total. The van der Waals surface area contributed by atoms with Gasteiger partial charge in [-0.1, -0.05) is 0 Å². The predicted molar refractivity (Wildman–Crippen MR) is 19.2 cm³/mol. The first kappa shape index (κ1) is 11.6. The van der Waals surface area contributed by atoms with Gasteiger partial charge in [0.05, 0.1) is 7.82 Å². The molecule has 0 bridgehead atoms. The summed E-state index contributed by atoms with van der Waals surface area (Å²) in [5.41, 5.74) is 0. The maximum Gasteiger partial charge on any atom is 0.0596 e. The Kier molecular flexibility index (Phi) is 6.83. The molecule has 0 aromatic carbocycles. The molecule has 0 saturated carbocycles. The van der Waals surface area contributed by atoms with Crippen LogP contribution in [-0.2, 0) is 31.5 Å². The van der Waals surface area contributed by atoms with Gasteiger partial charge in [-0.2, -0.15) is 0 Å². The standard InChI is InChI=1S/C2H7O4P.Ag/c1-2-6-7(3,4)5;/h2H2,1H3,(H2,3,4,5);/p-2. The number of rotatable bonds is 2. The predicted octanol–water partition coefficient (Wildman–Crippen LogP) is -1.15. The van der Waals surface area contributed by atoms with E-state index >= 15 is 0 Å². The van der Waals surface area contributed by atoms with E-state index in [1.54, 1.807) is 0 Å². The fraction of sp³-hybridized carbons (Fsp3) is 1.00. The molecule has 0 aliphatic rings. The van der Waals surface area contributed by atoms with Crippen molar-refractivity contribution in [2.45, 2.75) is 6.92 Å². The van der Waals surface area contributed by atoms with E-state index < -0.39 is 7.82 Å². The van der Waals surface area contributed by atoms with Crippen molar-refractivity contribution in [2.24, 2.45) is 0 Å². The Balaban J connectivity index is 0. The van der Waals surface area contributed by atoms with Crippen LogP contribution in [0.3, 0.4) is 0 Å². The van der Waals surface area contributed by atoms with Crippen LogP contribution in [0.5, 0.6) is 0 Å². The third kappa shape index (κ3) is 9.97. The molecule has 1 radical (unpaired) electrons. The first-order valence-electron chi connectivity index (χ1n) is 1.73. The minimum atomic E-state index is -4.67. The molecule has 0 aliphatic heterocycles. The van der Waals surface area contributed by atoms with E-state index in [1.807, 2.05) is 0 Å². The van der Waals surface area contributed by atoms with Crippen molar-refractivity contribution in [2.75, 3.05) is 6.61 Å². The third-order valence-corrected chi connectivity index (χ3v) is 0.862. The SMILES string of the molecule is CCOP(=O)([O-])[O-].[Ag]. The zero-order valence-electron chi connectivity index (χ0n) is 4.09. The average Bonchev–Trinajstić information content (AvgIpc) is 1.30. The fourth-order valence-electron chi connectivity index (χ4n) is 0.158. The van der Waals surface area contributed by atoms with Gasteiger partial charge in [0, 0.05) is 29.0 Å². The van der Waals surface area contributed by atoms with Gasteiger partial charge in [0.1, 0.15) is 0 Å². The van der Waals surface area contributed by atoms with E-state index in [-0.39, 0.29) is 29.0 Å². The molecular formula is C2H5AgO4P-2. The first-order chi connectivity index (χ1) is 3.06. The molecule has 0 aliphatic carbocycles. The summed E-state index contributed by atoms with van der Waals surface area (Å²) in [7, 11) is -4.67. The summed E-state index contributed by atoms with van der Waals surface area (Å²) in [4.78, 5) is 19.0. The quantitative estimate of drug-likeness (QED) is 0.445. The summed E-state index contributed by atoms with van der Waals surface area (Å²) in [5, 5.41) is 0. The zero-order chi connectivity index (χ0) is 5.91. The molecule has 0 aromatic rings. The van der Waals surface area contributed by atoms with Crippen LogP contribution in [0.4, 0.5) is 0 Å². The van der Waals surface area contributed by atoms with E-state index in [2.05, 4.69) is 4.52 Å². The van der Waals surface area contributed by atoms with Crippen molar-refractivity contribution < 1.29 is 41.3 Å². The Bertz CT molecular complexity index is 88.0. The van der Waals surface area contributed by atoms with Crippen LogP contribution < -0.4 is 9.79 Å². The second-order valence-electron chi connectivity index (χ2n) is 0.865.